The molecule has 10 nitrogen and oxygen atoms in total. The number of hydrogen-bond donors (Lipinski definition) is 2. The Bertz CT molecular complexity index is 1910. The number of para-hydroxylation sites is 2. The van der Waals surface area contributed by atoms with Crippen molar-refractivity contribution in [2.75, 3.05) is 0 Å². The van der Waals surface area contributed by atoms with Crippen molar-refractivity contribution in [3.8, 4) is 34.5 Å². The Morgan fingerprint density at radius 3 is 1.16 bits per heavy atom. The first-order valence-corrected chi connectivity index (χ1v) is 25.8. The number of rotatable bonds is 30. The van der Waals surface area contributed by atoms with Crippen LogP contribution in [0.25, 0.3) is 0 Å². The van der Waals surface area contributed by atoms with E-state index in [1.54, 1.807) is 42.5 Å². The monoisotopic (exact) mass is 934 g/mol. The molecule has 4 rings (SSSR count). The molecule has 0 aliphatic carbocycles. The molecule has 0 atom stereocenters. The quantitative estimate of drug-likeness (QED) is 0.0291. The Hall–Kier alpha value is -2.84. The molecule has 0 saturated carbocycles. The average molecular weight is 935 g/mol. The summed E-state index contributed by atoms with van der Waals surface area (Å²) in [5, 5.41) is 22.3. The Morgan fingerprint density at radius 1 is 0.476 bits per heavy atom. The molecule has 0 aliphatic rings. The van der Waals surface area contributed by atoms with Crippen LogP contribution < -0.4 is 14.6 Å². The number of benzene rings is 4. The van der Waals surface area contributed by atoms with Gasteiger partial charge in [0.15, 0.2) is 0 Å². The molecule has 0 saturated heterocycles. The van der Waals surface area contributed by atoms with Gasteiger partial charge in [-0.2, -0.15) is 8.42 Å². The molecule has 0 aliphatic heterocycles. The maximum Gasteiger partial charge on any atom is 2.00 e. The number of aromatic hydroxyl groups is 1. The minimum Gasteiger partial charge on any atom is -0.872 e. The van der Waals surface area contributed by atoms with E-state index in [1.807, 2.05) is 24.3 Å². The molecule has 0 aromatic heterocycles. The predicted octanol–water partition coefficient (Wildman–Crippen LogP) is 13.2. The summed E-state index contributed by atoms with van der Waals surface area (Å²) in [5.74, 6) is 0.454. The third-order valence-corrected chi connectivity index (χ3v) is 12.8. The third-order valence-electron chi connectivity index (χ3n) is 10.9. The molecule has 0 amide bonds. The van der Waals surface area contributed by atoms with Crippen LogP contribution in [0.2, 0.25) is 0 Å². The second-order valence-corrected chi connectivity index (χ2v) is 18.8. The van der Waals surface area contributed by atoms with E-state index >= 15 is 0 Å². The molecule has 0 fully saturated rings. The van der Waals surface area contributed by atoms with Crippen molar-refractivity contribution in [1.82, 2.24) is 0 Å². The molecule has 0 unspecified atom stereocenters. The molecule has 13 heteroatoms. The molecule has 4 aromatic carbocycles. The Balaban J connectivity index is 0.000000427. The minimum absolute atomic E-state index is 0. The van der Waals surface area contributed by atoms with Gasteiger partial charge in [0.1, 0.15) is 43.8 Å². The molecule has 63 heavy (non-hydrogen) atoms. The molecule has 0 bridgehead atoms. The van der Waals surface area contributed by atoms with Crippen molar-refractivity contribution in [3.05, 3.63) is 96.1 Å². The van der Waals surface area contributed by atoms with Gasteiger partial charge in [-0.25, -0.2) is 8.42 Å². The maximum absolute atomic E-state index is 12.2. The fraction of sp³-hybridized carbons (Fsp3) is 0.520. The van der Waals surface area contributed by atoms with Crippen molar-refractivity contribution in [3.63, 3.8) is 0 Å². The van der Waals surface area contributed by atoms with Crippen LogP contribution >= 0.6 is 0 Å². The second kappa shape index (κ2) is 31.9. The van der Waals surface area contributed by atoms with E-state index in [-0.39, 0.29) is 49.1 Å². The summed E-state index contributed by atoms with van der Waals surface area (Å²) >= 11 is 0. The van der Waals surface area contributed by atoms with E-state index in [0.717, 1.165) is 44.6 Å². The van der Waals surface area contributed by atoms with Crippen molar-refractivity contribution in [1.29, 1.82) is 0 Å². The summed E-state index contributed by atoms with van der Waals surface area (Å²) in [6.45, 7) is 4.45. The topological polar surface area (TPSA) is 173 Å². The summed E-state index contributed by atoms with van der Waals surface area (Å²) in [5.41, 5.74) is 0.518. The fourth-order valence-corrected chi connectivity index (χ4v) is 9.24. The molecule has 0 radical (unpaired) electrons. The largest absolute Gasteiger partial charge is 2.00 e. The number of phenolic OH excluding ortho intramolecular Hbond substituents is 1. The summed E-state index contributed by atoms with van der Waals surface area (Å²) < 4.78 is 80.5. The summed E-state index contributed by atoms with van der Waals surface area (Å²) in [6, 6.07) is 23.3. The van der Waals surface area contributed by atoms with Gasteiger partial charge in [-0.3, -0.25) is 4.55 Å². The third kappa shape index (κ3) is 22.3. The molecular formula is C50H70CaO10S2. The minimum atomic E-state index is -4.89. The van der Waals surface area contributed by atoms with Gasteiger partial charge in [-0.15, -0.1) is 0 Å². The number of ether oxygens (including phenoxy) is 2. The normalized spacial score (nSPS) is 11.4. The van der Waals surface area contributed by atoms with E-state index in [1.165, 1.54) is 108 Å². The standard InChI is InChI=1S/2C25H36O5S.Ca/c2*1-2-3-4-5-6-7-8-9-10-11-15-18-22-24(30-21-16-13-12-14-17-21)20-19-23(26)25(22)31(27,28)29;/h2*12-14,16-17,19-20,26H,2-11,15,18H2,1H3,(H,27,28,29);/q;;+2/p-2. The molecular weight excluding hydrogens is 865 g/mol. The van der Waals surface area contributed by atoms with E-state index in [4.69, 9.17) is 9.47 Å². The van der Waals surface area contributed by atoms with Gasteiger partial charge in [-0.05, 0) is 68.1 Å². The predicted molar refractivity (Wildman–Crippen MR) is 251 cm³/mol. The molecule has 344 valence electrons. The number of phenols is 1. The summed E-state index contributed by atoms with van der Waals surface area (Å²) in [7, 11) is -9.46. The van der Waals surface area contributed by atoms with Crippen LogP contribution in [0.15, 0.2) is 94.7 Å². The Morgan fingerprint density at radius 2 is 0.810 bits per heavy atom. The van der Waals surface area contributed by atoms with Crippen LogP contribution in [0, 0.1) is 0 Å². The van der Waals surface area contributed by atoms with Crippen LogP contribution in [-0.4, -0.2) is 68.8 Å². The van der Waals surface area contributed by atoms with Crippen LogP contribution in [0.1, 0.15) is 166 Å². The van der Waals surface area contributed by atoms with E-state index < -0.39 is 41.5 Å². The van der Waals surface area contributed by atoms with E-state index in [2.05, 4.69) is 13.8 Å². The Labute approximate surface area is 408 Å². The SMILES string of the molecule is CCCCCCCCCCCCCc1c(Oc2ccccc2)ccc(O)c1S(=O)(=O)O.CCCCCCCCCCCCCc1c(Oc2ccccc2)ccc([O-])c1S(=O)(=O)[O-].[Ca+2]. The van der Waals surface area contributed by atoms with Crippen LogP contribution in [0.5, 0.6) is 34.5 Å². The van der Waals surface area contributed by atoms with Gasteiger partial charge in [-0.1, -0.05) is 190 Å². The number of hydrogen-bond acceptors (Lipinski definition) is 9. The van der Waals surface area contributed by atoms with Crippen molar-refractivity contribution >= 4 is 58.0 Å². The first-order chi connectivity index (χ1) is 29.9. The van der Waals surface area contributed by atoms with Crippen molar-refractivity contribution in [2.45, 2.75) is 178 Å². The molecule has 2 N–H and O–H groups in total. The molecule has 0 spiro atoms. The van der Waals surface area contributed by atoms with Gasteiger partial charge in [0, 0.05) is 11.1 Å². The van der Waals surface area contributed by atoms with Crippen LogP contribution in [0.3, 0.4) is 0 Å². The van der Waals surface area contributed by atoms with Crippen LogP contribution in [0.4, 0.5) is 0 Å². The first-order valence-electron chi connectivity index (χ1n) is 22.9. The second-order valence-electron chi connectivity index (χ2n) is 16.1. The van der Waals surface area contributed by atoms with Crippen molar-refractivity contribution < 1.29 is 45.6 Å². The van der Waals surface area contributed by atoms with Gasteiger partial charge in [0.25, 0.3) is 10.1 Å². The van der Waals surface area contributed by atoms with Gasteiger partial charge in [0.2, 0.25) is 0 Å². The molecule has 4 aromatic rings. The van der Waals surface area contributed by atoms with E-state index in [9.17, 15) is 36.2 Å². The van der Waals surface area contributed by atoms with Gasteiger partial charge >= 0.3 is 37.7 Å². The zero-order chi connectivity index (χ0) is 45.1. The van der Waals surface area contributed by atoms with Crippen molar-refractivity contribution in [2.24, 2.45) is 0 Å². The number of unbranched alkanes of at least 4 members (excludes halogenated alkanes) is 20. The average Bonchev–Trinajstić information content (AvgIpc) is 3.23. The van der Waals surface area contributed by atoms with Crippen LogP contribution in [-0.2, 0) is 33.1 Å². The summed E-state index contributed by atoms with van der Waals surface area (Å²) in [6.07, 6.45) is 26.6. The first kappa shape index (κ1) is 56.3. The summed E-state index contributed by atoms with van der Waals surface area (Å²) in [4.78, 5) is -1.12. The zero-order valence-corrected chi connectivity index (χ0v) is 41.6. The van der Waals surface area contributed by atoms with E-state index in [0.29, 0.717) is 42.1 Å². The Kier molecular flexibility index (Phi) is 28.5. The molecule has 0 heterocycles. The maximum atomic E-state index is 12.2. The van der Waals surface area contributed by atoms with Gasteiger partial charge < -0.3 is 24.2 Å². The van der Waals surface area contributed by atoms with Gasteiger partial charge in [0.05, 0.1) is 4.90 Å². The zero-order valence-electron chi connectivity index (χ0n) is 37.7. The fourth-order valence-electron chi connectivity index (χ4n) is 7.58. The smallest absolute Gasteiger partial charge is 0.872 e.